The number of ether oxygens (including phenoxy) is 1. The maximum Gasteiger partial charge on any atom is 0.269 e. The van der Waals surface area contributed by atoms with E-state index in [2.05, 4.69) is 15.6 Å². The number of anilines is 2. The van der Waals surface area contributed by atoms with E-state index in [1.54, 1.807) is 37.4 Å². The molecule has 10 heteroatoms. The molecule has 0 bridgehead atoms. The van der Waals surface area contributed by atoms with Crippen LogP contribution in [0.25, 0.3) is 0 Å². The molecule has 0 spiro atoms. The highest BCUT2D eigenvalue weighted by molar-refractivity contribution is 14.0. The molecule has 0 atom stereocenters. The zero-order valence-electron chi connectivity index (χ0n) is 13.9. The molecule has 0 amide bonds. The summed E-state index contributed by atoms with van der Waals surface area (Å²) in [6.45, 7) is 0.962. The Kier molecular flexibility index (Phi) is 8.93. The molecular weight excluding hydrogens is 473 g/mol. The Hall–Kier alpha value is -2.27. The van der Waals surface area contributed by atoms with Crippen LogP contribution in [0.1, 0.15) is 0 Å². The number of nitrogens with one attached hydrogen (secondary N) is 2. The molecule has 2 aromatic carbocycles. The van der Waals surface area contributed by atoms with Gasteiger partial charge in [0.25, 0.3) is 5.69 Å². The van der Waals surface area contributed by atoms with Crippen molar-refractivity contribution in [1.82, 2.24) is 0 Å². The number of benzene rings is 2. The fraction of sp³-hybridized carbons (Fsp3) is 0.188. The van der Waals surface area contributed by atoms with Crippen LogP contribution in [0.15, 0.2) is 47.5 Å². The second-order valence-electron chi connectivity index (χ2n) is 4.97. The maximum atomic E-state index is 10.6. The molecule has 0 aliphatic carbocycles. The first kappa shape index (κ1) is 21.8. The number of nitrogens with two attached hydrogens (primary N) is 1. The molecule has 4 N–H and O–H groups in total. The lowest BCUT2D eigenvalue weighted by atomic mass is 10.3. The fourth-order valence-corrected chi connectivity index (χ4v) is 2.27. The highest BCUT2D eigenvalue weighted by Gasteiger charge is 2.04. The SMILES string of the molecule is COc1ccc(NC(N)=NCCNc2ccc([N+](=O)[O-])cc2)cc1Cl.I. The van der Waals surface area contributed by atoms with Crippen molar-refractivity contribution in [3.63, 3.8) is 0 Å². The van der Waals surface area contributed by atoms with E-state index >= 15 is 0 Å². The van der Waals surface area contributed by atoms with Gasteiger partial charge in [0.2, 0.25) is 0 Å². The van der Waals surface area contributed by atoms with Gasteiger partial charge < -0.3 is 21.1 Å². The van der Waals surface area contributed by atoms with E-state index in [0.29, 0.717) is 29.5 Å². The van der Waals surface area contributed by atoms with Gasteiger partial charge >= 0.3 is 0 Å². The van der Waals surface area contributed by atoms with Crippen molar-refractivity contribution in [3.05, 3.63) is 57.6 Å². The summed E-state index contributed by atoms with van der Waals surface area (Å²) >= 11 is 6.04. The van der Waals surface area contributed by atoms with Crippen LogP contribution in [0.2, 0.25) is 5.02 Å². The molecule has 2 aromatic rings. The van der Waals surface area contributed by atoms with Crippen molar-refractivity contribution >= 4 is 58.6 Å². The molecular formula is C16H19ClIN5O3. The summed E-state index contributed by atoms with van der Waals surface area (Å²) in [5.41, 5.74) is 7.35. The van der Waals surface area contributed by atoms with Crippen molar-refractivity contribution in [3.8, 4) is 5.75 Å². The van der Waals surface area contributed by atoms with Crippen LogP contribution in [0.3, 0.4) is 0 Å². The van der Waals surface area contributed by atoms with Gasteiger partial charge in [-0.1, -0.05) is 11.6 Å². The molecule has 140 valence electrons. The Morgan fingerprint density at radius 2 is 1.92 bits per heavy atom. The van der Waals surface area contributed by atoms with Crippen LogP contribution in [0.5, 0.6) is 5.75 Å². The second-order valence-corrected chi connectivity index (χ2v) is 5.38. The number of non-ortho nitro benzene ring substituents is 1. The predicted molar refractivity (Wildman–Crippen MR) is 115 cm³/mol. The average Bonchev–Trinajstić information content (AvgIpc) is 2.59. The Labute approximate surface area is 172 Å². The van der Waals surface area contributed by atoms with Crippen LogP contribution in [0.4, 0.5) is 17.1 Å². The Morgan fingerprint density at radius 3 is 2.50 bits per heavy atom. The number of aliphatic imine (C=N–C) groups is 1. The Balaban J connectivity index is 0.00000338. The van der Waals surface area contributed by atoms with E-state index in [1.807, 2.05) is 0 Å². The van der Waals surface area contributed by atoms with Gasteiger partial charge in [0.1, 0.15) is 5.75 Å². The summed E-state index contributed by atoms with van der Waals surface area (Å²) < 4.78 is 5.08. The van der Waals surface area contributed by atoms with Gasteiger partial charge in [0.05, 0.1) is 23.6 Å². The van der Waals surface area contributed by atoms with Crippen LogP contribution in [0, 0.1) is 10.1 Å². The van der Waals surface area contributed by atoms with Gasteiger partial charge in [-0.15, -0.1) is 24.0 Å². The summed E-state index contributed by atoms with van der Waals surface area (Å²) in [6.07, 6.45) is 0. The molecule has 8 nitrogen and oxygen atoms in total. The van der Waals surface area contributed by atoms with Gasteiger partial charge in [0, 0.05) is 30.1 Å². The van der Waals surface area contributed by atoms with Gasteiger partial charge in [-0.3, -0.25) is 15.1 Å². The first-order valence-corrected chi connectivity index (χ1v) is 7.76. The van der Waals surface area contributed by atoms with Crippen molar-refractivity contribution in [2.24, 2.45) is 10.7 Å². The van der Waals surface area contributed by atoms with E-state index in [-0.39, 0.29) is 35.6 Å². The number of methoxy groups -OCH3 is 1. The van der Waals surface area contributed by atoms with Crippen molar-refractivity contribution in [2.75, 3.05) is 30.8 Å². The number of nitro groups is 1. The third-order valence-corrected chi connectivity index (χ3v) is 3.52. The number of guanidine groups is 1. The first-order valence-electron chi connectivity index (χ1n) is 7.38. The monoisotopic (exact) mass is 491 g/mol. The lowest BCUT2D eigenvalue weighted by Gasteiger charge is -2.09. The number of nitro benzene ring substituents is 1. The van der Waals surface area contributed by atoms with Gasteiger partial charge in [-0.25, -0.2) is 0 Å². The minimum atomic E-state index is -0.439. The lowest BCUT2D eigenvalue weighted by molar-refractivity contribution is -0.384. The molecule has 0 fully saturated rings. The smallest absolute Gasteiger partial charge is 0.269 e. The summed E-state index contributed by atoms with van der Waals surface area (Å²) in [5.74, 6) is 0.835. The summed E-state index contributed by atoms with van der Waals surface area (Å²) in [4.78, 5) is 14.3. The third kappa shape index (κ3) is 6.56. The van der Waals surface area contributed by atoms with Crippen LogP contribution in [-0.4, -0.2) is 31.1 Å². The molecule has 0 heterocycles. The largest absolute Gasteiger partial charge is 0.495 e. The summed E-state index contributed by atoms with van der Waals surface area (Å²) in [6, 6.07) is 11.4. The molecule has 0 radical (unpaired) electrons. The van der Waals surface area contributed by atoms with Crippen molar-refractivity contribution < 1.29 is 9.66 Å². The van der Waals surface area contributed by atoms with E-state index < -0.39 is 4.92 Å². The molecule has 0 unspecified atom stereocenters. The zero-order chi connectivity index (χ0) is 18.2. The van der Waals surface area contributed by atoms with Crippen LogP contribution in [-0.2, 0) is 0 Å². The lowest BCUT2D eigenvalue weighted by Crippen LogP contribution is -2.23. The zero-order valence-corrected chi connectivity index (χ0v) is 17.0. The topological polar surface area (TPSA) is 115 Å². The minimum Gasteiger partial charge on any atom is -0.495 e. The van der Waals surface area contributed by atoms with E-state index in [9.17, 15) is 10.1 Å². The number of nitrogens with zero attached hydrogens (tertiary/aromatic N) is 2. The Bertz CT molecular complexity index is 771. The fourth-order valence-electron chi connectivity index (χ4n) is 2.01. The van der Waals surface area contributed by atoms with E-state index in [0.717, 1.165) is 5.69 Å². The number of hydrogen-bond acceptors (Lipinski definition) is 5. The quantitative estimate of drug-likeness (QED) is 0.136. The van der Waals surface area contributed by atoms with Crippen molar-refractivity contribution in [1.29, 1.82) is 0 Å². The maximum absolute atomic E-state index is 10.6. The second kappa shape index (κ2) is 10.7. The van der Waals surface area contributed by atoms with Gasteiger partial charge in [-0.2, -0.15) is 0 Å². The highest BCUT2D eigenvalue weighted by atomic mass is 127. The standard InChI is InChI=1S/C16H18ClN5O3.HI/c1-25-15-7-4-12(10-14(15)17)21-16(18)20-9-8-19-11-2-5-13(6-3-11)22(23)24;/h2-7,10,19H,8-9H2,1H3,(H3,18,20,21);1H. The van der Waals surface area contributed by atoms with E-state index in [1.165, 1.54) is 12.1 Å². The minimum absolute atomic E-state index is 0. The van der Waals surface area contributed by atoms with Crippen LogP contribution < -0.4 is 21.1 Å². The number of rotatable bonds is 7. The summed E-state index contributed by atoms with van der Waals surface area (Å²) in [5, 5.41) is 17.1. The molecule has 0 aromatic heterocycles. The molecule has 2 rings (SSSR count). The first-order chi connectivity index (χ1) is 12.0. The molecule has 0 saturated heterocycles. The molecule has 26 heavy (non-hydrogen) atoms. The molecule has 0 aliphatic heterocycles. The predicted octanol–water partition coefficient (Wildman–Crippen LogP) is 3.71. The molecule has 0 aliphatic rings. The summed E-state index contributed by atoms with van der Waals surface area (Å²) in [7, 11) is 1.54. The number of hydrogen-bond donors (Lipinski definition) is 3. The Morgan fingerprint density at radius 1 is 1.27 bits per heavy atom. The highest BCUT2D eigenvalue weighted by Crippen LogP contribution is 2.27. The average molecular weight is 492 g/mol. The van der Waals surface area contributed by atoms with Gasteiger partial charge in [-0.05, 0) is 30.3 Å². The van der Waals surface area contributed by atoms with Gasteiger partial charge in [0.15, 0.2) is 5.96 Å². The van der Waals surface area contributed by atoms with Crippen LogP contribution >= 0.6 is 35.6 Å². The van der Waals surface area contributed by atoms with E-state index in [4.69, 9.17) is 22.1 Å². The number of halogens is 2. The molecule has 0 saturated carbocycles. The third-order valence-electron chi connectivity index (χ3n) is 3.23. The normalized spacial score (nSPS) is 10.6. The van der Waals surface area contributed by atoms with Crippen molar-refractivity contribution in [2.45, 2.75) is 0 Å².